The van der Waals surface area contributed by atoms with Crippen molar-refractivity contribution < 1.29 is 24.0 Å². The average molecular weight is 444 g/mol. The SMILES string of the molecule is CCOC(=O)C[N+](=CCC(=O)c1ccc(Br)cc1)c1c(O)[nH]c2ccccc12. The first kappa shape index (κ1) is 19.8. The van der Waals surface area contributed by atoms with E-state index in [0.29, 0.717) is 11.3 Å². The van der Waals surface area contributed by atoms with Crippen LogP contribution in [0.15, 0.2) is 53.0 Å². The van der Waals surface area contributed by atoms with Crippen LogP contribution in [0.4, 0.5) is 5.69 Å². The third kappa shape index (κ3) is 4.48. The van der Waals surface area contributed by atoms with E-state index in [1.807, 2.05) is 24.3 Å². The number of rotatable bonds is 7. The molecule has 2 N–H and O–H groups in total. The summed E-state index contributed by atoms with van der Waals surface area (Å²) < 4.78 is 7.49. The zero-order valence-electron chi connectivity index (χ0n) is 15.3. The molecule has 0 saturated carbocycles. The highest BCUT2D eigenvalue weighted by molar-refractivity contribution is 9.10. The van der Waals surface area contributed by atoms with E-state index in [1.54, 1.807) is 42.0 Å². The zero-order valence-corrected chi connectivity index (χ0v) is 16.9. The molecule has 0 aliphatic heterocycles. The minimum atomic E-state index is -0.445. The fourth-order valence-corrected chi connectivity index (χ4v) is 3.20. The summed E-state index contributed by atoms with van der Waals surface area (Å²) >= 11 is 3.35. The number of H-pyrrole nitrogens is 1. The topological polar surface area (TPSA) is 82.4 Å². The molecule has 0 spiro atoms. The first-order valence-electron chi connectivity index (χ1n) is 8.83. The van der Waals surface area contributed by atoms with E-state index in [-0.39, 0.29) is 31.2 Å². The second-order valence-corrected chi connectivity index (χ2v) is 7.03. The van der Waals surface area contributed by atoms with Gasteiger partial charge in [0.25, 0.3) is 11.6 Å². The molecule has 0 bridgehead atoms. The molecule has 3 rings (SSSR count). The average Bonchev–Trinajstić information content (AvgIpc) is 3.01. The number of para-hydroxylation sites is 1. The lowest BCUT2D eigenvalue weighted by Crippen LogP contribution is -2.21. The Morgan fingerprint density at radius 1 is 1.18 bits per heavy atom. The van der Waals surface area contributed by atoms with Crippen LogP contribution in [0.5, 0.6) is 5.88 Å². The quantitative estimate of drug-likeness (QED) is 0.248. The van der Waals surface area contributed by atoms with Gasteiger partial charge in [-0.05, 0) is 31.2 Å². The number of hydrogen-bond donors (Lipinski definition) is 2. The third-order valence-corrected chi connectivity index (χ3v) is 4.74. The number of hydrogen-bond acceptors (Lipinski definition) is 4. The molecule has 7 heteroatoms. The number of aromatic amines is 1. The number of ether oxygens (including phenoxy) is 1. The predicted octanol–water partition coefficient (Wildman–Crippen LogP) is 4.19. The molecule has 0 unspecified atom stereocenters. The number of nitrogens with one attached hydrogen (secondary N) is 1. The molecule has 0 aliphatic rings. The highest BCUT2D eigenvalue weighted by atomic mass is 79.9. The van der Waals surface area contributed by atoms with Crippen molar-refractivity contribution in [1.29, 1.82) is 0 Å². The fraction of sp³-hybridized carbons (Fsp3) is 0.190. The van der Waals surface area contributed by atoms with Crippen molar-refractivity contribution in [3.8, 4) is 5.88 Å². The molecule has 28 heavy (non-hydrogen) atoms. The molecule has 3 aromatic rings. The van der Waals surface area contributed by atoms with Crippen molar-refractivity contribution in [2.45, 2.75) is 13.3 Å². The Kier molecular flexibility index (Phi) is 6.26. The smallest absolute Gasteiger partial charge is 0.372 e. The second kappa shape index (κ2) is 8.84. The largest absolute Gasteiger partial charge is 0.490 e. The number of ketones is 1. The number of aromatic nitrogens is 1. The van der Waals surface area contributed by atoms with E-state index in [2.05, 4.69) is 20.9 Å². The van der Waals surface area contributed by atoms with Crippen LogP contribution in [-0.2, 0) is 9.53 Å². The van der Waals surface area contributed by atoms with Crippen molar-refractivity contribution in [2.24, 2.45) is 0 Å². The third-order valence-electron chi connectivity index (χ3n) is 4.21. The summed E-state index contributed by atoms with van der Waals surface area (Å²) in [6.45, 7) is 1.87. The van der Waals surface area contributed by atoms with Crippen molar-refractivity contribution in [2.75, 3.05) is 13.2 Å². The number of carbonyl (C=O) groups excluding carboxylic acids is 2. The van der Waals surface area contributed by atoms with Gasteiger partial charge in [-0.3, -0.25) is 4.79 Å². The van der Waals surface area contributed by atoms with Crippen LogP contribution in [0.3, 0.4) is 0 Å². The number of halogens is 1. The van der Waals surface area contributed by atoms with Gasteiger partial charge in [0.05, 0.1) is 23.9 Å². The van der Waals surface area contributed by atoms with Gasteiger partial charge in [0.1, 0.15) is 0 Å². The normalized spacial score (nSPS) is 11.6. The maximum absolute atomic E-state index is 12.5. The maximum Gasteiger partial charge on any atom is 0.372 e. The van der Waals surface area contributed by atoms with Crippen LogP contribution >= 0.6 is 15.9 Å². The summed E-state index contributed by atoms with van der Waals surface area (Å²) in [5.74, 6) is -0.613. The molecule has 1 heterocycles. The van der Waals surface area contributed by atoms with E-state index in [9.17, 15) is 14.7 Å². The van der Waals surface area contributed by atoms with E-state index in [4.69, 9.17) is 4.74 Å². The van der Waals surface area contributed by atoms with Crippen LogP contribution in [0, 0.1) is 0 Å². The van der Waals surface area contributed by atoms with Crippen LogP contribution in [-0.4, -0.2) is 45.8 Å². The molecule has 0 aliphatic carbocycles. The molecule has 2 aromatic carbocycles. The highest BCUT2D eigenvalue weighted by Crippen LogP contribution is 2.34. The van der Waals surface area contributed by atoms with Crippen LogP contribution in [0.25, 0.3) is 10.9 Å². The summed E-state index contributed by atoms with van der Waals surface area (Å²) in [6.07, 6.45) is 1.68. The number of nitrogens with zero attached hydrogens (tertiary/aromatic N) is 1. The van der Waals surface area contributed by atoms with Gasteiger partial charge < -0.3 is 14.8 Å². The molecule has 0 radical (unpaired) electrons. The minimum Gasteiger partial charge on any atom is -0.490 e. The number of esters is 1. The van der Waals surface area contributed by atoms with Crippen LogP contribution in [0.2, 0.25) is 0 Å². The van der Waals surface area contributed by atoms with E-state index in [0.717, 1.165) is 15.4 Å². The van der Waals surface area contributed by atoms with Gasteiger partial charge in [-0.25, -0.2) is 4.79 Å². The Labute approximate surface area is 170 Å². The van der Waals surface area contributed by atoms with Crippen molar-refractivity contribution in [1.82, 2.24) is 4.98 Å². The first-order valence-corrected chi connectivity index (χ1v) is 9.63. The monoisotopic (exact) mass is 443 g/mol. The lowest BCUT2D eigenvalue weighted by Gasteiger charge is -2.04. The highest BCUT2D eigenvalue weighted by Gasteiger charge is 2.25. The molecule has 0 saturated heterocycles. The lowest BCUT2D eigenvalue weighted by atomic mass is 10.1. The summed E-state index contributed by atoms with van der Waals surface area (Å²) in [7, 11) is 0. The molecule has 6 nitrogen and oxygen atoms in total. The van der Waals surface area contributed by atoms with Gasteiger partial charge >= 0.3 is 5.97 Å². The fourth-order valence-electron chi connectivity index (χ4n) is 2.93. The van der Waals surface area contributed by atoms with Crippen molar-refractivity contribution >= 4 is 50.5 Å². The molecule has 144 valence electrons. The Hall–Kier alpha value is -2.93. The summed E-state index contributed by atoms with van der Waals surface area (Å²) in [4.78, 5) is 27.5. The van der Waals surface area contributed by atoms with Gasteiger partial charge in [0, 0.05) is 10.0 Å². The van der Waals surface area contributed by atoms with Gasteiger partial charge in [-0.1, -0.05) is 40.2 Å². The molecule has 1 aromatic heterocycles. The standard InChI is InChI=1S/C21H19BrN2O4/c1-2-28-19(26)13-24(12-11-18(25)14-7-9-15(22)10-8-14)20-16-5-3-4-6-17(16)23-21(20)27/h3-10,12,23H,2,11,13H2,1H3/p+1. The Morgan fingerprint density at radius 2 is 1.89 bits per heavy atom. The predicted molar refractivity (Wildman–Crippen MR) is 111 cm³/mol. The van der Waals surface area contributed by atoms with E-state index >= 15 is 0 Å². The summed E-state index contributed by atoms with van der Waals surface area (Å²) in [6, 6.07) is 14.4. The van der Waals surface area contributed by atoms with Gasteiger partial charge in [-0.2, -0.15) is 4.58 Å². The lowest BCUT2D eigenvalue weighted by molar-refractivity contribution is -0.426. The number of Topliss-reactive ketones (excluding diaryl/α,β-unsaturated/α-hetero) is 1. The van der Waals surface area contributed by atoms with Crippen LogP contribution in [0.1, 0.15) is 23.7 Å². The molecular formula is C21H20BrN2O4+. The number of benzene rings is 2. The second-order valence-electron chi connectivity index (χ2n) is 6.12. The Balaban J connectivity index is 1.95. The summed E-state index contributed by atoms with van der Waals surface area (Å²) in [5, 5.41) is 11.1. The molecule has 0 fully saturated rings. The Bertz CT molecular complexity index is 1040. The number of aromatic hydroxyl groups is 1. The maximum atomic E-state index is 12.5. The van der Waals surface area contributed by atoms with Crippen LogP contribution < -0.4 is 0 Å². The summed E-state index contributed by atoms with van der Waals surface area (Å²) in [5.41, 5.74) is 1.74. The molecule has 0 amide bonds. The number of fused-ring (bicyclic) bond motifs is 1. The van der Waals surface area contributed by atoms with E-state index < -0.39 is 5.97 Å². The Morgan fingerprint density at radius 3 is 2.61 bits per heavy atom. The molecular weight excluding hydrogens is 424 g/mol. The van der Waals surface area contributed by atoms with Crippen molar-refractivity contribution in [3.05, 3.63) is 58.6 Å². The number of carbonyl (C=O) groups is 2. The minimum absolute atomic E-state index is 0.0694. The van der Waals surface area contributed by atoms with Gasteiger partial charge in [0.2, 0.25) is 6.54 Å². The first-order chi connectivity index (χ1) is 13.5. The van der Waals surface area contributed by atoms with Gasteiger partial charge in [-0.15, -0.1) is 0 Å². The zero-order chi connectivity index (χ0) is 20.1. The van der Waals surface area contributed by atoms with Crippen molar-refractivity contribution in [3.63, 3.8) is 0 Å². The van der Waals surface area contributed by atoms with Gasteiger partial charge in [0.15, 0.2) is 12.0 Å². The van der Waals surface area contributed by atoms with E-state index in [1.165, 1.54) is 0 Å². The molecule has 0 atom stereocenters.